The Hall–Kier alpha value is -5.35. The number of aryl methyl sites for hydroxylation is 2. The van der Waals surface area contributed by atoms with E-state index in [-0.39, 0.29) is 58.6 Å². The molecule has 4 aromatic heterocycles. The Morgan fingerprint density at radius 1 is 1.06 bits per heavy atom. The number of benzene rings is 2. The Morgan fingerprint density at radius 3 is 2.44 bits per heavy atom. The number of nitrogens with one attached hydrogen (secondary N) is 1. The first-order valence-electron chi connectivity index (χ1n) is 17.6. The molecule has 4 atom stereocenters. The van der Waals surface area contributed by atoms with Gasteiger partial charge in [-0.2, -0.15) is 4.39 Å². The number of rotatable bonds is 4. The van der Waals surface area contributed by atoms with Crippen molar-refractivity contribution in [3.8, 4) is 22.4 Å². The molecule has 1 amide bonds. The fourth-order valence-electron chi connectivity index (χ4n) is 7.79. The molecule has 16 heteroatoms. The lowest BCUT2D eigenvalue weighted by atomic mass is 9.97. The van der Waals surface area contributed by atoms with E-state index in [2.05, 4.69) is 15.4 Å². The lowest BCUT2D eigenvalue weighted by molar-refractivity contribution is 0.0168. The van der Waals surface area contributed by atoms with Crippen molar-refractivity contribution in [2.45, 2.75) is 74.9 Å². The van der Waals surface area contributed by atoms with Crippen molar-refractivity contribution in [2.75, 3.05) is 6.61 Å². The smallest absolute Gasteiger partial charge is 0.407 e. The number of alkyl halides is 1. The van der Waals surface area contributed by atoms with Crippen molar-refractivity contribution in [3.05, 3.63) is 89.0 Å². The quantitative estimate of drug-likeness (QED) is 0.225. The van der Waals surface area contributed by atoms with Gasteiger partial charge in [-0.15, -0.1) is 5.10 Å². The molecular weight excluding hydrogens is 721 g/mol. The summed E-state index contributed by atoms with van der Waals surface area (Å²) in [7, 11) is -1.37. The van der Waals surface area contributed by atoms with Crippen LogP contribution in [-0.2, 0) is 33.6 Å². The highest BCUT2D eigenvalue weighted by Crippen LogP contribution is 2.47. The van der Waals surface area contributed by atoms with Gasteiger partial charge in [0.15, 0.2) is 5.65 Å². The van der Waals surface area contributed by atoms with Crippen LogP contribution in [-0.4, -0.2) is 66.7 Å². The number of imidazole rings is 1. The Morgan fingerprint density at radius 2 is 1.78 bits per heavy atom. The minimum atomic E-state index is -4.49. The molecule has 1 fully saturated rings. The zero-order valence-corrected chi connectivity index (χ0v) is 31.1. The minimum Gasteiger partial charge on any atom is -0.444 e. The van der Waals surface area contributed by atoms with E-state index in [1.807, 2.05) is 0 Å². The van der Waals surface area contributed by atoms with E-state index in [4.69, 9.17) is 9.47 Å². The highest BCUT2D eigenvalue weighted by molar-refractivity contribution is 7.90. The summed E-state index contributed by atoms with van der Waals surface area (Å²) in [5, 5.41) is 7.10. The highest BCUT2D eigenvalue weighted by Gasteiger charge is 2.41. The van der Waals surface area contributed by atoms with Gasteiger partial charge in [-0.25, -0.2) is 31.4 Å². The standard InChI is InChI=1S/C38H39F2N7O6S/c1-38(2,3)53-36(48)42-27-17-23-18-29(27)52-16-15-26(39)21-11-13-22(14-12-21)30-31-33-28(45(5)37(49)46(23)33)19-41-35(31)47(32(30)25-20-44(4)43-34(25)40)54(50,51)24-9-7-6-8-10-24/h6-14,19-20,23,26-27,29H,15-18H2,1-5H3,(H,42,48)/t23-,26?,27-,29+/m0/s1. The Kier molecular flexibility index (Phi) is 8.52. The van der Waals surface area contributed by atoms with E-state index in [1.165, 1.54) is 40.8 Å². The van der Waals surface area contributed by atoms with E-state index in [0.717, 1.165) is 3.97 Å². The lowest BCUT2D eigenvalue weighted by Gasteiger charge is -2.25. The Labute approximate surface area is 309 Å². The molecule has 282 valence electrons. The van der Waals surface area contributed by atoms with Gasteiger partial charge in [0.25, 0.3) is 10.0 Å². The molecule has 1 N–H and O–H groups in total. The molecule has 6 aromatic rings. The van der Waals surface area contributed by atoms with Crippen LogP contribution in [0.5, 0.6) is 0 Å². The SMILES string of the molecule is Cn1cc(-c2c3c4c(ncc5c4n(c(=O)n5C)[C@H]4C[C@H](NC(=O)OC(C)(C)C)[C@@H](C4)OCCC(F)c4ccc-3cc4)n2S(=O)(=O)c2ccccc2)c(F)n1. The monoisotopic (exact) mass is 759 g/mol. The molecule has 2 aliphatic heterocycles. The summed E-state index contributed by atoms with van der Waals surface area (Å²) in [6, 6.07) is 13.0. The molecule has 3 aliphatic rings. The van der Waals surface area contributed by atoms with E-state index in [1.54, 1.807) is 74.9 Å². The molecule has 1 saturated carbocycles. The summed E-state index contributed by atoms with van der Waals surface area (Å²) in [4.78, 5) is 32.0. The number of hydrogen-bond acceptors (Lipinski definition) is 8. The van der Waals surface area contributed by atoms with Crippen LogP contribution in [0.1, 0.15) is 57.8 Å². The Balaban J connectivity index is 1.48. The molecule has 0 saturated heterocycles. The van der Waals surface area contributed by atoms with E-state index in [9.17, 15) is 18.0 Å². The summed E-state index contributed by atoms with van der Waals surface area (Å²) in [5.41, 5.74) is 0.396. The predicted octanol–water partition coefficient (Wildman–Crippen LogP) is 6.16. The first-order valence-corrected chi connectivity index (χ1v) is 19.1. The largest absolute Gasteiger partial charge is 0.444 e. The predicted molar refractivity (Wildman–Crippen MR) is 197 cm³/mol. The molecular formula is C38H39F2N7O6S. The number of nitrogens with zero attached hydrogens (tertiary/aromatic N) is 6. The van der Waals surface area contributed by atoms with Crippen molar-refractivity contribution in [2.24, 2.45) is 14.1 Å². The van der Waals surface area contributed by atoms with E-state index >= 15 is 8.78 Å². The molecule has 2 aromatic carbocycles. The Bertz CT molecular complexity index is 2610. The second kappa shape index (κ2) is 12.9. The van der Waals surface area contributed by atoms with Gasteiger partial charge in [0, 0.05) is 38.3 Å². The number of aromatic nitrogens is 6. The average Bonchev–Trinajstić information content (AvgIpc) is 3.84. The zero-order chi connectivity index (χ0) is 38.3. The van der Waals surface area contributed by atoms with Gasteiger partial charge in [-0.3, -0.25) is 13.8 Å². The lowest BCUT2D eigenvalue weighted by Crippen LogP contribution is -2.43. The summed E-state index contributed by atoms with van der Waals surface area (Å²) >= 11 is 0. The fourth-order valence-corrected chi connectivity index (χ4v) is 9.29. The molecule has 6 heterocycles. The van der Waals surface area contributed by atoms with Crippen molar-refractivity contribution >= 4 is 38.2 Å². The molecule has 1 unspecified atom stereocenters. The van der Waals surface area contributed by atoms with Crippen molar-refractivity contribution in [1.82, 2.24) is 33.2 Å². The van der Waals surface area contributed by atoms with Gasteiger partial charge in [0.2, 0.25) is 5.95 Å². The molecule has 4 bridgehead atoms. The number of carbonyl (C=O) groups is 1. The minimum absolute atomic E-state index is 0.0153. The molecule has 9 rings (SSSR count). The van der Waals surface area contributed by atoms with Gasteiger partial charge in [-0.1, -0.05) is 42.5 Å². The third kappa shape index (κ3) is 5.87. The summed E-state index contributed by atoms with van der Waals surface area (Å²) in [5.74, 6) is -0.925. The van der Waals surface area contributed by atoms with Crippen molar-refractivity contribution in [3.63, 3.8) is 0 Å². The summed E-state index contributed by atoms with van der Waals surface area (Å²) < 4.78 is 78.5. The third-order valence-electron chi connectivity index (χ3n) is 10.1. The first-order chi connectivity index (χ1) is 25.6. The number of alkyl carbamates (subject to hydrolysis) is 1. The summed E-state index contributed by atoms with van der Waals surface area (Å²) in [6.07, 6.45) is 0.635. The number of hydrogen-bond donors (Lipinski definition) is 1. The average molecular weight is 760 g/mol. The van der Waals surface area contributed by atoms with Crippen LogP contribution in [0.4, 0.5) is 13.6 Å². The zero-order valence-electron chi connectivity index (χ0n) is 30.3. The molecule has 1 aliphatic carbocycles. The molecule has 54 heavy (non-hydrogen) atoms. The number of carbonyl (C=O) groups excluding carboxylic acids is 1. The molecule has 0 radical (unpaired) electrons. The number of fused-ring (bicyclic) bond motifs is 5. The number of halogens is 2. The number of amides is 1. The van der Waals surface area contributed by atoms with Gasteiger partial charge >= 0.3 is 11.8 Å². The van der Waals surface area contributed by atoms with Crippen LogP contribution in [0.25, 0.3) is 44.5 Å². The van der Waals surface area contributed by atoms with Crippen molar-refractivity contribution in [1.29, 1.82) is 0 Å². The third-order valence-corrected chi connectivity index (χ3v) is 11.8. The molecule has 13 nitrogen and oxygen atoms in total. The van der Waals surface area contributed by atoms with Crippen LogP contribution in [0.2, 0.25) is 0 Å². The first kappa shape index (κ1) is 35.7. The maximum absolute atomic E-state index is 16.0. The second-order valence-electron chi connectivity index (χ2n) is 14.9. The van der Waals surface area contributed by atoms with E-state index < -0.39 is 57.7 Å². The van der Waals surface area contributed by atoms with Gasteiger partial charge in [0.1, 0.15) is 11.8 Å². The summed E-state index contributed by atoms with van der Waals surface area (Å²) in [6.45, 7) is 5.28. The maximum atomic E-state index is 16.0. The highest BCUT2D eigenvalue weighted by atomic mass is 32.2. The van der Waals surface area contributed by atoms with Crippen LogP contribution >= 0.6 is 0 Å². The van der Waals surface area contributed by atoms with Gasteiger partial charge in [0.05, 0.1) is 57.5 Å². The van der Waals surface area contributed by atoms with Crippen molar-refractivity contribution < 1.29 is 31.5 Å². The topological polar surface area (TPSA) is 144 Å². The fraction of sp³-hybridized carbons (Fsp3) is 0.368. The maximum Gasteiger partial charge on any atom is 0.407 e. The van der Waals surface area contributed by atoms with Crippen LogP contribution in [0.3, 0.4) is 0 Å². The van der Waals surface area contributed by atoms with Gasteiger partial charge in [-0.05, 0) is 56.9 Å². The number of ether oxygens (including phenoxy) is 2. The van der Waals surface area contributed by atoms with Crippen LogP contribution in [0.15, 0.2) is 76.7 Å². The van der Waals surface area contributed by atoms with Crippen LogP contribution < -0.4 is 11.0 Å². The van der Waals surface area contributed by atoms with Gasteiger partial charge < -0.3 is 14.8 Å². The number of pyridine rings is 1. The molecule has 0 spiro atoms. The van der Waals surface area contributed by atoms with Crippen LogP contribution in [0, 0.1) is 5.95 Å². The second-order valence-corrected chi connectivity index (χ2v) is 16.7. The normalized spacial score (nSPS) is 20.4. The van der Waals surface area contributed by atoms with E-state index in [0.29, 0.717) is 22.2 Å².